The Hall–Kier alpha value is -3.55. The van der Waals surface area contributed by atoms with Crippen molar-refractivity contribution >= 4 is 17.9 Å². The Kier molecular flexibility index (Phi) is 11.8. The number of amides is 3. The van der Waals surface area contributed by atoms with E-state index in [0.717, 1.165) is 41.5 Å². The Morgan fingerprint density at radius 2 is 1.59 bits per heavy atom. The summed E-state index contributed by atoms with van der Waals surface area (Å²) < 4.78 is 5.46. The fourth-order valence-electron chi connectivity index (χ4n) is 4.55. The lowest BCUT2D eigenvalue weighted by molar-refractivity contribution is -0.142. The number of phenolic OH excluding ortho intramolecular Hbond substituents is 1. The molecule has 0 aromatic heterocycles. The van der Waals surface area contributed by atoms with Crippen molar-refractivity contribution in [1.29, 1.82) is 0 Å². The molecule has 0 fully saturated rings. The van der Waals surface area contributed by atoms with Gasteiger partial charge in [0.25, 0.3) is 0 Å². The van der Waals surface area contributed by atoms with Gasteiger partial charge in [-0.3, -0.25) is 9.59 Å². The molecule has 0 saturated heterocycles. The number of nitrogens with one attached hydrogen (secondary N) is 2. The molecule has 8 nitrogen and oxygen atoms in total. The van der Waals surface area contributed by atoms with Crippen LogP contribution < -0.4 is 10.6 Å². The summed E-state index contributed by atoms with van der Waals surface area (Å²) in [5.41, 5.74) is 2.59. The molecule has 0 bridgehead atoms. The zero-order valence-electron chi connectivity index (χ0n) is 24.5. The van der Waals surface area contributed by atoms with E-state index in [2.05, 4.69) is 17.6 Å². The standard InChI is InChI=1S/C31H45N3O5/c1-8-10-11-19-32-28(36)27(26-21(3)13-12-14-22(26)4)34(9-2)29(37)25(33-30(38)39-31(5,6)7)20-23-15-17-24(35)18-16-23/h12-18,25,27,35H,8-11,19-20H2,1-7H3,(H,32,36)(H,33,38). The molecule has 39 heavy (non-hydrogen) atoms. The van der Waals surface area contributed by atoms with Crippen LogP contribution in [0.2, 0.25) is 0 Å². The third-order valence-electron chi connectivity index (χ3n) is 6.44. The quantitative estimate of drug-likeness (QED) is 0.316. The number of likely N-dealkylation sites (N-methyl/N-ethyl adjacent to an activating group) is 1. The number of carbonyl (C=O) groups is 3. The molecule has 0 aliphatic rings. The fraction of sp³-hybridized carbons (Fsp3) is 0.516. The number of rotatable bonds is 12. The second kappa shape index (κ2) is 14.6. The minimum atomic E-state index is -0.996. The molecule has 0 spiro atoms. The van der Waals surface area contributed by atoms with Crippen molar-refractivity contribution in [3.63, 3.8) is 0 Å². The molecule has 8 heteroatoms. The molecule has 0 radical (unpaired) electrons. The first-order valence-corrected chi connectivity index (χ1v) is 13.8. The summed E-state index contributed by atoms with van der Waals surface area (Å²) in [4.78, 5) is 42.2. The van der Waals surface area contributed by atoms with Gasteiger partial charge < -0.3 is 25.4 Å². The zero-order valence-corrected chi connectivity index (χ0v) is 24.5. The predicted octanol–water partition coefficient (Wildman–Crippen LogP) is 5.34. The minimum absolute atomic E-state index is 0.103. The van der Waals surface area contributed by atoms with E-state index in [4.69, 9.17) is 4.74 Å². The van der Waals surface area contributed by atoms with Crippen molar-refractivity contribution in [3.8, 4) is 5.75 Å². The fourth-order valence-corrected chi connectivity index (χ4v) is 4.55. The molecule has 2 rings (SSSR count). The van der Waals surface area contributed by atoms with Crippen molar-refractivity contribution in [2.45, 2.75) is 91.8 Å². The van der Waals surface area contributed by atoms with Gasteiger partial charge in [-0.25, -0.2) is 4.79 Å². The molecular weight excluding hydrogens is 494 g/mol. The first kappa shape index (κ1) is 31.7. The van der Waals surface area contributed by atoms with Crippen LogP contribution in [-0.4, -0.2) is 52.6 Å². The van der Waals surface area contributed by atoms with Gasteiger partial charge in [0.2, 0.25) is 11.8 Å². The molecule has 214 valence electrons. The van der Waals surface area contributed by atoms with Crippen LogP contribution >= 0.6 is 0 Å². The average molecular weight is 540 g/mol. The monoisotopic (exact) mass is 539 g/mol. The number of hydrogen-bond acceptors (Lipinski definition) is 5. The number of carbonyl (C=O) groups excluding carboxylic acids is 3. The van der Waals surface area contributed by atoms with Crippen molar-refractivity contribution < 1.29 is 24.2 Å². The Labute approximate surface area is 233 Å². The molecule has 0 saturated carbocycles. The topological polar surface area (TPSA) is 108 Å². The minimum Gasteiger partial charge on any atom is -0.508 e. The third-order valence-corrected chi connectivity index (χ3v) is 6.44. The van der Waals surface area contributed by atoms with E-state index >= 15 is 0 Å². The Balaban J connectivity index is 2.49. The molecule has 2 atom stereocenters. The summed E-state index contributed by atoms with van der Waals surface area (Å²) in [6, 6.07) is 10.4. The van der Waals surface area contributed by atoms with Gasteiger partial charge >= 0.3 is 6.09 Å². The second-order valence-electron chi connectivity index (χ2n) is 10.9. The van der Waals surface area contributed by atoms with E-state index in [1.165, 1.54) is 17.0 Å². The summed E-state index contributed by atoms with van der Waals surface area (Å²) in [6.07, 6.45) is 2.32. The van der Waals surface area contributed by atoms with Gasteiger partial charge in [0, 0.05) is 19.5 Å². The summed E-state index contributed by atoms with van der Waals surface area (Å²) in [6.45, 7) is 13.8. The van der Waals surface area contributed by atoms with Crippen LogP contribution in [0.5, 0.6) is 5.75 Å². The summed E-state index contributed by atoms with van der Waals surface area (Å²) >= 11 is 0. The van der Waals surface area contributed by atoms with Crippen LogP contribution in [0, 0.1) is 13.8 Å². The number of aryl methyl sites for hydroxylation is 2. The predicted molar refractivity (Wildman–Crippen MR) is 154 cm³/mol. The van der Waals surface area contributed by atoms with E-state index in [0.29, 0.717) is 6.54 Å². The molecule has 3 amide bonds. The average Bonchev–Trinajstić information content (AvgIpc) is 2.85. The van der Waals surface area contributed by atoms with E-state index < -0.39 is 29.7 Å². The normalized spacial score (nSPS) is 12.8. The summed E-state index contributed by atoms with van der Waals surface area (Å²) in [7, 11) is 0. The number of nitrogens with zero attached hydrogens (tertiary/aromatic N) is 1. The van der Waals surface area contributed by atoms with Crippen LogP contribution in [-0.2, 0) is 20.7 Å². The summed E-state index contributed by atoms with van der Waals surface area (Å²) in [5, 5.41) is 15.5. The van der Waals surface area contributed by atoms with Gasteiger partial charge in [-0.15, -0.1) is 0 Å². The smallest absolute Gasteiger partial charge is 0.408 e. The highest BCUT2D eigenvalue weighted by Crippen LogP contribution is 2.29. The second-order valence-corrected chi connectivity index (χ2v) is 10.9. The van der Waals surface area contributed by atoms with Gasteiger partial charge in [-0.1, -0.05) is 50.1 Å². The largest absolute Gasteiger partial charge is 0.508 e. The molecule has 0 aliphatic heterocycles. The van der Waals surface area contributed by atoms with Gasteiger partial charge in [0.05, 0.1) is 0 Å². The van der Waals surface area contributed by atoms with Crippen molar-refractivity contribution in [1.82, 2.24) is 15.5 Å². The molecule has 2 unspecified atom stereocenters. The van der Waals surface area contributed by atoms with Crippen LogP contribution in [0.3, 0.4) is 0 Å². The van der Waals surface area contributed by atoms with Gasteiger partial charge in [-0.2, -0.15) is 0 Å². The van der Waals surface area contributed by atoms with E-state index in [9.17, 15) is 19.5 Å². The highest BCUT2D eigenvalue weighted by atomic mass is 16.6. The Morgan fingerprint density at radius 1 is 0.974 bits per heavy atom. The first-order chi connectivity index (χ1) is 18.4. The SMILES string of the molecule is CCCCCNC(=O)C(c1c(C)cccc1C)N(CC)C(=O)C(Cc1ccc(O)cc1)NC(=O)OC(C)(C)C. The number of alkyl carbamates (subject to hydrolysis) is 1. The first-order valence-electron chi connectivity index (χ1n) is 13.8. The highest BCUT2D eigenvalue weighted by Gasteiger charge is 2.36. The number of benzene rings is 2. The van der Waals surface area contributed by atoms with Crippen LogP contribution in [0.25, 0.3) is 0 Å². The van der Waals surface area contributed by atoms with Crippen molar-refractivity contribution in [3.05, 3.63) is 64.7 Å². The third kappa shape index (κ3) is 9.61. The van der Waals surface area contributed by atoms with Gasteiger partial charge in [0.1, 0.15) is 23.4 Å². The van der Waals surface area contributed by atoms with Crippen LogP contribution in [0.4, 0.5) is 4.79 Å². The van der Waals surface area contributed by atoms with E-state index in [-0.39, 0.29) is 24.6 Å². The number of hydrogen-bond donors (Lipinski definition) is 3. The lowest BCUT2D eigenvalue weighted by Crippen LogP contribution is -2.54. The molecular formula is C31H45N3O5. The Bertz CT molecular complexity index is 1090. The highest BCUT2D eigenvalue weighted by molar-refractivity contribution is 5.92. The van der Waals surface area contributed by atoms with Crippen molar-refractivity contribution in [2.24, 2.45) is 0 Å². The molecule has 0 heterocycles. The molecule has 2 aromatic carbocycles. The van der Waals surface area contributed by atoms with E-state index in [1.54, 1.807) is 32.9 Å². The number of aromatic hydroxyl groups is 1. The zero-order chi connectivity index (χ0) is 29.2. The number of ether oxygens (including phenoxy) is 1. The molecule has 2 aromatic rings. The van der Waals surface area contributed by atoms with Gasteiger partial charge in [0.15, 0.2) is 0 Å². The summed E-state index contributed by atoms with van der Waals surface area (Å²) in [5.74, 6) is -0.543. The maximum atomic E-state index is 14.2. The molecule has 0 aliphatic carbocycles. The maximum Gasteiger partial charge on any atom is 0.408 e. The Morgan fingerprint density at radius 3 is 2.13 bits per heavy atom. The number of phenols is 1. The number of unbranched alkanes of at least 4 members (excludes halogenated alkanes) is 2. The lowest BCUT2D eigenvalue weighted by Gasteiger charge is -2.35. The van der Waals surface area contributed by atoms with Crippen LogP contribution in [0.15, 0.2) is 42.5 Å². The van der Waals surface area contributed by atoms with Crippen LogP contribution in [0.1, 0.15) is 82.2 Å². The van der Waals surface area contributed by atoms with E-state index in [1.807, 2.05) is 39.0 Å². The lowest BCUT2D eigenvalue weighted by atomic mass is 9.93. The maximum absolute atomic E-state index is 14.2. The van der Waals surface area contributed by atoms with Crippen molar-refractivity contribution in [2.75, 3.05) is 13.1 Å². The van der Waals surface area contributed by atoms with Gasteiger partial charge in [-0.05, 0) is 82.3 Å². The molecule has 3 N–H and O–H groups in total.